The monoisotopic (exact) mass is 269 g/mol. The molecule has 0 saturated carbocycles. The van der Waals surface area contributed by atoms with Crippen molar-refractivity contribution in [3.63, 3.8) is 0 Å². The van der Waals surface area contributed by atoms with Gasteiger partial charge in [-0.3, -0.25) is 4.79 Å². The fourth-order valence-electron chi connectivity index (χ4n) is 2.10. The van der Waals surface area contributed by atoms with Gasteiger partial charge in [-0.1, -0.05) is 23.8 Å². The van der Waals surface area contributed by atoms with Gasteiger partial charge in [-0.15, -0.1) is 0 Å². The van der Waals surface area contributed by atoms with Crippen LogP contribution in [0.3, 0.4) is 0 Å². The zero-order valence-electron chi connectivity index (χ0n) is 12.1. The number of carbonyl (C=O) groups excluding carboxylic acids is 1. The van der Waals surface area contributed by atoms with Gasteiger partial charge in [0.25, 0.3) is 0 Å². The van der Waals surface area contributed by atoms with E-state index in [1.54, 1.807) is 7.11 Å². The molecule has 2 aromatic rings. The molecule has 1 N–H and O–H groups in total. The predicted molar refractivity (Wildman–Crippen MR) is 81.2 cm³/mol. The summed E-state index contributed by atoms with van der Waals surface area (Å²) in [4.78, 5) is 12.0. The van der Waals surface area contributed by atoms with Gasteiger partial charge in [-0.05, 0) is 49.2 Å². The highest BCUT2D eigenvalue weighted by Crippen LogP contribution is 2.16. The molecule has 0 spiro atoms. The third kappa shape index (κ3) is 3.60. The van der Waals surface area contributed by atoms with E-state index in [1.165, 1.54) is 5.56 Å². The van der Waals surface area contributed by atoms with Gasteiger partial charge in [-0.2, -0.15) is 0 Å². The van der Waals surface area contributed by atoms with Crippen LogP contribution in [0, 0.1) is 13.8 Å². The van der Waals surface area contributed by atoms with Crippen molar-refractivity contribution in [2.75, 3.05) is 12.4 Å². The molecule has 0 aromatic heterocycles. The SMILES string of the molecule is COc1ccc(NC(=O)Cc2ccc(C)cc2C)cc1. The lowest BCUT2D eigenvalue weighted by Crippen LogP contribution is -2.15. The van der Waals surface area contributed by atoms with Crippen molar-refractivity contribution < 1.29 is 9.53 Å². The lowest BCUT2D eigenvalue weighted by molar-refractivity contribution is -0.115. The Morgan fingerprint density at radius 1 is 1.10 bits per heavy atom. The summed E-state index contributed by atoms with van der Waals surface area (Å²) in [6.07, 6.45) is 0.387. The first-order valence-corrected chi connectivity index (χ1v) is 6.58. The molecule has 0 aliphatic rings. The maximum absolute atomic E-state index is 12.0. The zero-order chi connectivity index (χ0) is 14.5. The highest BCUT2D eigenvalue weighted by Gasteiger charge is 2.06. The van der Waals surface area contributed by atoms with Gasteiger partial charge in [0, 0.05) is 5.69 Å². The van der Waals surface area contributed by atoms with E-state index in [9.17, 15) is 4.79 Å². The largest absolute Gasteiger partial charge is 0.497 e. The van der Waals surface area contributed by atoms with E-state index in [0.29, 0.717) is 6.42 Å². The fraction of sp³-hybridized carbons (Fsp3) is 0.235. The Morgan fingerprint density at radius 2 is 1.80 bits per heavy atom. The van der Waals surface area contributed by atoms with Gasteiger partial charge in [0.2, 0.25) is 5.91 Å². The van der Waals surface area contributed by atoms with Crippen molar-refractivity contribution in [3.8, 4) is 5.75 Å². The number of anilines is 1. The molecule has 2 rings (SSSR count). The molecule has 3 nitrogen and oxygen atoms in total. The third-order valence-corrected chi connectivity index (χ3v) is 3.22. The van der Waals surface area contributed by atoms with Crippen molar-refractivity contribution in [1.82, 2.24) is 0 Å². The quantitative estimate of drug-likeness (QED) is 0.922. The molecule has 0 unspecified atom stereocenters. The van der Waals surface area contributed by atoms with Gasteiger partial charge in [0.05, 0.1) is 13.5 Å². The van der Waals surface area contributed by atoms with Crippen LogP contribution in [-0.2, 0) is 11.2 Å². The summed E-state index contributed by atoms with van der Waals surface area (Å²) in [6, 6.07) is 13.5. The Bertz CT molecular complexity index is 603. The van der Waals surface area contributed by atoms with Gasteiger partial charge < -0.3 is 10.1 Å². The van der Waals surface area contributed by atoms with E-state index in [-0.39, 0.29) is 5.91 Å². The molecule has 0 fully saturated rings. The van der Waals surface area contributed by atoms with Crippen LogP contribution < -0.4 is 10.1 Å². The number of carbonyl (C=O) groups is 1. The van der Waals surface area contributed by atoms with E-state index < -0.39 is 0 Å². The molecule has 104 valence electrons. The summed E-state index contributed by atoms with van der Waals surface area (Å²) in [5.74, 6) is 0.763. The van der Waals surface area contributed by atoms with Crippen LogP contribution in [0.1, 0.15) is 16.7 Å². The minimum atomic E-state index is -0.0119. The summed E-state index contributed by atoms with van der Waals surface area (Å²) in [5.41, 5.74) is 4.19. The van der Waals surface area contributed by atoms with Crippen molar-refractivity contribution >= 4 is 11.6 Å². The molecule has 0 heterocycles. The third-order valence-electron chi connectivity index (χ3n) is 3.22. The topological polar surface area (TPSA) is 38.3 Å². The summed E-state index contributed by atoms with van der Waals surface area (Å²) in [5, 5.41) is 2.89. The number of aryl methyl sites for hydroxylation is 2. The average Bonchev–Trinajstić information content (AvgIpc) is 2.43. The number of rotatable bonds is 4. The molecule has 0 saturated heterocycles. The van der Waals surface area contributed by atoms with Crippen LogP contribution in [0.25, 0.3) is 0 Å². The smallest absolute Gasteiger partial charge is 0.228 e. The minimum Gasteiger partial charge on any atom is -0.497 e. The van der Waals surface area contributed by atoms with Gasteiger partial charge in [-0.25, -0.2) is 0 Å². The van der Waals surface area contributed by atoms with Crippen LogP contribution in [0.15, 0.2) is 42.5 Å². The van der Waals surface area contributed by atoms with Crippen LogP contribution in [0.2, 0.25) is 0 Å². The number of amides is 1. The Labute approximate surface area is 119 Å². The van der Waals surface area contributed by atoms with Crippen molar-refractivity contribution in [3.05, 3.63) is 59.2 Å². The second-order valence-corrected chi connectivity index (χ2v) is 4.88. The Morgan fingerprint density at radius 3 is 2.40 bits per heavy atom. The number of methoxy groups -OCH3 is 1. The second-order valence-electron chi connectivity index (χ2n) is 4.88. The van der Waals surface area contributed by atoms with Gasteiger partial charge >= 0.3 is 0 Å². The van der Waals surface area contributed by atoms with Crippen molar-refractivity contribution in [2.24, 2.45) is 0 Å². The first kappa shape index (κ1) is 14.1. The normalized spacial score (nSPS) is 10.2. The average molecular weight is 269 g/mol. The minimum absolute atomic E-state index is 0.0119. The number of benzene rings is 2. The lowest BCUT2D eigenvalue weighted by atomic mass is 10.0. The molecule has 0 bridgehead atoms. The molecule has 3 heteroatoms. The van der Waals surface area contributed by atoms with Crippen molar-refractivity contribution in [2.45, 2.75) is 20.3 Å². The fourth-order valence-corrected chi connectivity index (χ4v) is 2.10. The maximum atomic E-state index is 12.0. The Kier molecular flexibility index (Phi) is 4.41. The van der Waals surface area contributed by atoms with Crippen LogP contribution in [-0.4, -0.2) is 13.0 Å². The standard InChI is InChI=1S/C17H19NO2/c1-12-4-5-14(13(2)10-12)11-17(19)18-15-6-8-16(20-3)9-7-15/h4-10H,11H2,1-3H3,(H,18,19). The van der Waals surface area contributed by atoms with E-state index >= 15 is 0 Å². The van der Waals surface area contributed by atoms with E-state index in [0.717, 1.165) is 22.6 Å². The maximum Gasteiger partial charge on any atom is 0.228 e. The van der Waals surface area contributed by atoms with E-state index in [1.807, 2.05) is 50.2 Å². The Hall–Kier alpha value is -2.29. The van der Waals surface area contributed by atoms with E-state index in [4.69, 9.17) is 4.74 Å². The number of ether oxygens (including phenoxy) is 1. The van der Waals surface area contributed by atoms with Crippen LogP contribution in [0.5, 0.6) is 5.75 Å². The van der Waals surface area contributed by atoms with Crippen molar-refractivity contribution in [1.29, 1.82) is 0 Å². The molecule has 0 aliphatic heterocycles. The lowest BCUT2D eigenvalue weighted by Gasteiger charge is -2.09. The first-order valence-electron chi connectivity index (χ1n) is 6.58. The number of hydrogen-bond donors (Lipinski definition) is 1. The van der Waals surface area contributed by atoms with E-state index in [2.05, 4.69) is 11.4 Å². The first-order chi connectivity index (χ1) is 9.58. The number of nitrogens with one attached hydrogen (secondary N) is 1. The molecule has 0 radical (unpaired) electrons. The summed E-state index contributed by atoms with van der Waals surface area (Å²) < 4.78 is 5.08. The van der Waals surface area contributed by atoms with Crippen LogP contribution >= 0.6 is 0 Å². The number of hydrogen-bond acceptors (Lipinski definition) is 2. The molecule has 2 aromatic carbocycles. The highest BCUT2D eigenvalue weighted by molar-refractivity contribution is 5.92. The molecular weight excluding hydrogens is 250 g/mol. The van der Waals surface area contributed by atoms with Crippen LogP contribution in [0.4, 0.5) is 5.69 Å². The van der Waals surface area contributed by atoms with Gasteiger partial charge in [0.1, 0.15) is 5.75 Å². The zero-order valence-corrected chi connectivity index (χ0v) is 12.1. The molecule has 0 aliphatic carbocycles. The molecule has 1 amide bonds. The predicted octanol–water partition coefficient (Wildman–Crippen LogP) is 3.49. The Balaban J connectivity index is 2.01. The highest BCUT2D eigenvalue weighted by atomic mass is 16.5. The molecule has 0 atom stereocenters. The summed E-state index contributed by atoms with van der Waals surface area (Å²) >= 11 is 0. The second kappa shape index (κ2) is 6.24. The van der Waals surface area contributed by atoms with Gasteiger partial charge in [0.15, 0.2) is 0 Å². The summed E-state index contributed by atoms with van der Waals surface area (Å²) in [6.45, 7) is 4.08. The summed E-state index contributed by atoms with van der Waals surface area (Å²) in [7, 11) is 1.62. The molecular formula is C17H19NO2. The molecule has 20 heavy (non-hydrogen) atoms.